The zero-order valence-corrected chi connectivity index (χ0v) is 15.5. The van der Waals surface area contributed by atoms with Gasteiger partial charge in [0.1, 0.15) is 11.6 Å². The van der Waals surface area contributed by atoms with Crippen LogP contribution < -0.4 is 5.32 Å². The zero-order chi connectivity index (χ0) is 19.6. The lowest BCUT2D eigenvalue weighted by Crippen LogP contribution is -2.41. The first-order chi connectivity index (χ1) is 12.8. The first-order valence-corrected chi connectivity index (χ1v) is 9.04. The molecule has 1 fully saturated rings. The molecule has 0 bridgehead atoms. The van der Waals surface area contributed by atoms with E-state index in [2.05, 4.69) is 5.32 Å². The number of amides is 2. The van der Waals surface area contributed by atoms with E-state index >= 15 is 0 Å². The molecule has 0 radical (unpaired) electrons. The number of rotatable bonds is 3. The van der Waals surface area contributed by atoms with Gasteiger partial charge in [0.2, 0.25) is 5.91 Å². The Morgan fingerprint density at radius 2 is 1.81 bits per heavy atom. The minimum atomic E-state index is -0.879. The van der Waals surface area contributed by atoms with Gasteiger partial charge in [-0.15, -0.1) is 0 Å². The Morgan fingerprint density at radius 3 is 2.44 bits per heavy atom. The number of nitrogens with one attached hydrogen (secondary N) is 1. The molecule has 0 saturated carbocycles. The Balaban J connectivity index is 1.58. The Labute approximate surface area is 161 Å². The molecule has 1 aliphatic rings. The molecular formula is C20H19ClF2N2O2. The minimum absolute atomic E-state index is 0.130. The summed E-state index contributed by atoms with van der Waals surface area (Å²) in [6.07, 6.45) is 0.944. The van der Waals surface area contributed by atoms with Crippen LogP contribution in [0, 0.1) is 24.5 Å². The van der Waals surface area contributed by atoms with Gasteiger partial charge in [-0.2, -0.15) is 0 Å². The van der Waals surface area contributed by atoms with Gasteiger partial charge in [0.25, 0.3) is 5.91 Å². The Hall–Kier alpha value is -2.47. The van der Waals surface area contributed by atoms with Crippen molar-refractivity contribution in [3.8, 4) is 0 Å². The number of aryl methyl sites for hydroxylation is 1. The van der Waals surface area contributed by atoms with E-state index in [9.17, 15) is 18.4 Å². The number of benzene rings is 2. The Morgan fingerprint density at radius 1 is 1.11 bits per heavy atom. The molecule has 27 heavy (non-hydrogen) atoms. The highest BCUT2D eigenvalue weighted by molar-refractivity contribution is 6.31. The van der Waals surface area contributed by atoms with Gasteiger partial charge in [-0.05, 0) is 49.6 Å². The summed E-state index contributed by atoms with van der Waals surface area (Å²) in [7, 11) is 0. The van der Waals surface area contributed by atoms with Gasteiger partial charge in [-0.3, -0.25) is 9.59 Å². The smallest absolute Gasteiger partial charge is 0.256 e. The van der Waals surface area contributed by atoms with Gasteiger partial charge < -0.3 is 10.2 Å². The number of halogens is 3. The van der Waals surface area contributed by atoms with Crippen LogP contribution in [0.25, 0.3) is 0 Å². The second-order valence-electron chi connectivity index (χ2n) is 6.64. The Bertz CT molecular complexity index is 880. The van der Waals surface area contributed by atoms with E-state index in [4.69, 9.17) is 11.6 Å². The number of likely N-dealkylation sites (tertiary alicyclic amines) is 1. The van der Waals surface area contributed by atoms with Crippen LogP contribution in [0.2, 0.25) is 5.02 Å². The van der Waals surface area contributed by atoms with Crippen LogP contribution in [0.3, 0.4) is 0 Å². The number of hydrogen-bond acceptors (Lipinski definition) is 2. The lowest BCUT2D eigenvalue weighted by Gasteiger charge is -2.31. The van der Waals surface area contributed by atoms with Crippen LogP contribution in [0.5, 0.6) is 0 Å². The zero-order valence-electron chi connectivity index (χ0n) is 14.8. The molecule has 0 aliphatic carbocycles. The van der Waals surface area contributed by atoms with Crippen molar-refractivity contribution in [1.82, 2.24) is 4.90 Å². The lowest BCUT2D eigenvalue weighted by molar-refractivity contribution is -0.121. The van der Waals surface area contributed by atoms with Crippen molar-refractivity contribution < 1.29 is 18.4 Å². The lowest BCUT2D eigenvalue weighted by atomic mass is 9.95. The van der Waals surface area contributed by atoms with Crippen molar-refractivity contribution in [2.45, 2.75) is 19.8 Å². The van der Waals surface area contributed by atoms with Crippen LogP contribution in [-0.2, 0) is 4.79 Å². The minimum Gasteiger partial charge on any atom is -0.339 e. The maximum Gasteiger partial charge on any atom is 0.256 e. The SMILES string of the molecule is Cc1ccc(NC(=O)C2CCN(C(=O)c3ccc(F)cc3F)CC2)cc1Cl. The van der Waals surface area contributed by atoms with E-state index in [1.165, 1.54) is 4.90 Å². The predicted octanol–water partition coefficient (Wildman–Crippen LogP) is 4.42. The van der Waals surface area contributed by atoms with Crippen molar-refractivity contribution in [3.05, 3.63) is 64.2 Å². The molecule has 1 N–H and O–H groups in total. The molecule has 3 rings (SSSR count). The van der Waals surface area contributed by atoms with E-state index < -0.39 is 17.5 Å². The summed E-state index contributed by atoms with van der Waals surface area (Å²) in [6.45, 7) is 2.55. The monoisotopic (exact) mass is 392 g/mol. The third-order valence-electron chi connectivity index (χ3n) is 4.75. The van der Waals surface area contributed by atoms with E-state index in [1.54, 1.807) is 12.1 Å². The quantitative estimate of drug-likeness (QED) is 0.840. The maximum absolute atomic E-state index is 13.8. The fourth-order valence-electron chi connectivity index (χ4n) is 3.09. The molecule has 0 spiro atoms. The third-order valence-corrected chi connectivity index (χ3v) is 5.16. The summed E-state index contributed by atoms with van der Waals surface area (Å²) in [5, 5.41) is 3.42. The number of anilines is 1. The highest BCUT2D eigenvalue weighted by atomic mass is 35.5. The number of carbonyl (C=O) groups excluding carboxylic acids is 2. The van der Waals surface area contributed by atoms with Gasteiger partial charge in [0, 0.05) is 35.8 Å². The van der Waals surface area contributed by atoms with Crippen molar-refractivity contribution in [3.63, 3.8) is 0 Å². The average Bonchev–Trinajstić information content (AvgIpc) is 2.64. The number of hydrogen-bond donors (Lipinski definition) is 1. The molecule has 1 saturated heterocycles. The summed E-state index contributed by atoms with van der Waals surface area (Å²) in [5.41, 5.74) is 1.39. The predicted molar refractivity (Wildman–Crippen MR) is 99.8 cm³/mol. The molecule has 2 amide bonds. The molecule has 0 aromatic heterocycles. The van der Waals surface area contributed by atoms with Crippen molar-refractivity contribution >= 4 is 29.1 Å². The molecule has 0 atom stereocenters. The molecule has 2 aromatic rings. The molecule has 4 nitrogen and oxygen atoms in total. The molecule has 1 aliphatic heterocycles. The number of nitrogens with zero attached hydrogens (tertiary/aromatic N) is 1. The van der Waals surface area contributed by atoms with Crippen LogP contribution in [0.4, 0.5) is 14.5 Å². The van der Waals surface area contributed by atoms with Crippen molar-refractivity contribution in [2.24, 2.45) is 5.92 Å². The number of piperidine rings is 1. The maximum atomic E-state index is 13.8. The number of carbonyl (C=O) groups is 2. The average molecular weight is 393 g/mol. The first kappa shape index (κ1) is 19.3. The third kappa shape index (κ3) is 4.45. The summed E-state index contributed by atoms with van der Waals surface area (Å²) >= 11 is 6.07. The van der Waals surface area contributed by atoms with E-state index in [1.807, 2.05) is 13.0 Å². The fourth-order valence-corrected chi connectivity index (χ4v) is 3.27. The van der Waals surface area contributed by atoms with Crippen LogP contribution in [-0.4, -0.2) is 29.8 Å². The first-order valence-electron chi connectivity index (χ1n) is 8.66. The Kier molecular flexibility index (Phi) is 5.75. The summed E-state index contributed by atoms with van der Waals surface area (Å²) in [5.74, 6) is -2.47. The van der Waals surface area contributed by atoms with Crippen LogP contribution >= 0.6 is 11.6 Å². The van der Waals surface area contributed by atoms with Gasteiger partial charge in [0.15, 0.2) is 0 Å². The normalized spacial score (nSPS) is 14.9. The topological polar surface area (TPSA) is 49.4 Å². The fraction of sp³-hybridized carbons (Fsp3) is 0.300. The molecule has 0 unspecified atom stereocenters. The van der Waals surface area contributed by atoms with Gasteiger partial charge >= 0.3 is 0 Å². The van der Waals surface area contributed by atoms with E-state index in [0.717, 1.165) is 17.7 Å². The highest BCUT2D eigenvalue weighted by Crippen LogP contribution is 2.24. The largest absolute Gasteiger partial charge is 0.339 e. The van der Waals surface area contributed by atoms with Crippen molar-refractivity contribution in [2.75, 3.05) is 18.4 Å². The van der Waals surface area contributed by atoms with Crippen LogP contribution in [0.15, 0.2) is 36.4 Å². The second-order valence-corrected chi connectivity index (χ2v) is 7.05. The highest BCUT2D eigenvalue weighted by Gasteiger charge is 2.29. The van der Waals surface area contributed by atoms with E-state index in [-0.39, 0.29) is 17.4 Å². The molecular weight excluding hydrogens is 374 g/mol. The molecule has 7 heteroatoms. The standard InChI is InChI=1S/C20H19ClF2N2O2/c1-12-2-4-15(11-17(12)21)24-19(26)13-6-8-25(9-7-13)20(27)16-5-3-14(22)10-18(16)23/h2-5,10-11,13H,6-9H2,1H3,(H,24,26). The van der Waals surface area contributed by atoms with Gasteiger partial charge in [0.05, 0.1) is 5.56 Å². The van der Waals surface area contributed by atoms with Gasteiger partial charge in [-0.25, -0.2) is 8.78 Å². The summed E-state index contributed by atoms with van der Waals surface area (Å²) < 4.78 is 26.8. The summed E-state index contributed by atoms with van der Waals surface area (Å²) in [4.78, 5) is 26.3. The van der Waals surface area contributed by atoms with E-state index in [0.29, 0.717) is 42.7 Å². The second kappa shape index (κ2) is 8.05. The summed E-state index contributed by atoms with van der Waals surface area (Å²) in [6, 6.07) is 8.21. The molecule has 142 valence electrons. The van der Waals surface area contributed by atoms with Gasteiger partial charge in [-0.1, -0.05) is 17.7 Å². The van der Waals surface area contributed by atoms with Crippen LogP contribution in [0.1, 0.15) is 28.8 Å². The molecule has 1 heterocycles. The molecule has 2 aromatic carbocycles. The van der Waals surface area contributed by atoms with Crippen molar-refractivity contribution in [1.29, 1.82) is 0 Å².